The van der Waals surface area contributed by atoms with Gasteiger partial charge in [0.2, 0.25) is 0 Å². The summed E-state index contributed by atoms with van der Waals surface area (Å²) in [5.41, 5.74) is 3.67. The fourth-order valence-electron chi connectivity index (χ4n) is 2.24. The van der Waals surface area contributed by atoms with Crippen molar-refractivity contribution in [2.24, 2.45) is 7.05 Å². The molecule has 0 N–H and O–H groups in total. The van der Waals surface area contributed by atoms with Crippen LogP contribution < -0.4 is 0 Å². The lowest BCUT2D eigenvalue weighted by Gasteiger charge is -2.05. The maximum absolute atomic E-state index is 10.7. The number of fused-ring (bicyclic) bond motifs is 1. The Kier molecular flexibility index (Phi) is 2.71. The van der Waals surface area contributed by atoms with E-state index >= 15 is 0 Å². The topological polar surface area (TPSA) is 73.8 Å². The van der Waals surface area contributed by atoms with Crippen molar-refractivity contribution in [2.75, 3.05) is 0 Å². The Hall–Kier alpha value is -2.76. The molecule has 2 heterocycles. The lowest BCUT2D eigenvalue weighted by Crippen LogP contribution is -1.94. The van der Waals surface area contributed by atoms with Gasteiger partial charge in [-0.2, -0.15) is 5.10 Å². The lowest BCUT2D eigenvalue weighted by atomic mass is 10.0. The van der Waals surface area contributed by atoms with Crippen LogP contribution in [0.4, 0.5) is 5.69 Å². The van der Waals surface area contributed by atoms with E-state index in [1.165, 1.54) is 12.1 Å². The second-order valence-electron chi connectivity index (χ2n) is 4.62. The van der Waals surface area contributed by atoms with Crippen LogP contribution in [-0.4, -0.2) is 19.7 Å². The van der Waals surface area contributed by atoms with Crippen LogP contribution in [0.25, 0.3) is 22.2 Å². The number of nitro groups is 1. The molecule has 20 heavy (non-hydrogen) atoms. The van der Waals surface area contributed by atoms with Gasteiger partial charge in [0.1, 0.15) is 0 Å². The van der Waals surface area contributed by atoms with Crippen molar-refractivity contribution in [3.05, 3.63) is 52.3 Å². The molecule has 0 aliphatic carbocycles. The zero-order chi connectivity index (χ0) is 14.3. The molecule has 0 amide bonds. The molecule has 0 spiro atoms. The van der Waals surface area contributed by atoms with Crippen LogP contribution in [0.2, 0.25) is 0 Å². The van der Waals surface area contributed by atoms with E-state index in [0.29, 0.717) is 0 Å². The number of hydrogen-bond donors (Lipinski definition) is 0. The number of nitro benzene ring substituents is 1. The third-order valence-electron chi connectivity index (χ3n) is 3.22. The number of aryl methyl sites for hydroxylation is 2. The number of aromatic nitrogens is 3. The number of rotatable bonds is 2. The number of benzene rings is 1. The second-order valence-corrected chi connectivity index (χ2v) is 4.62. The van der Waals surface area contributed by atoms with Gasteiger partial charge in [0.15, 0.2) is 5.65 Å². The molecular weight excluding hydrogens is 256 g/mol. The summed E-state index contributed by atoms with van der Waals surface area (Å²) < 4.78 is 1.72. The Labute approximate surface area is 114 Å². The quantitative estimate of drug-likeness (QED) is 0.529. The van der Waals surface area contributed by atoms with Gasteiger partial charge in [-0.1, -0.05) is 0 Å². The first-order valence-electron chi connectivity index (χ1n) is 6.10. The van der Waals surface area contributed by atoms with Crippen LogP contribution in [0, 0.1) is 17.0 Å². The maximum Gasteiger partial charge on any atom is 0.269 e. The van der Waals surface area contributed by atoms with E-state index in [-0.39, 0.29) is 5.69 Å². The van der Waals surface area contributed by atoms with Gasteiger partial charge in [0, 0.05) is 30.3 Å². The van der Waals surface area contributed by atoms with E-state index in [0.717, 1.165) is 27.9 Å². The molecule has 100 valence electrons. The van der Waals surface area contributed by atoms with Crippen LogP contribution in [0.1, 0.15) is 5.69 Å². The molecule has 0 fully saturated rings. The molecule has 0 unspecified atom stereocenters. The highest BCUT2D eigenvalue weighted by Crippen LogP contribution is 2.29. The van der Waals surface area contributed by atoms with Gasteiger partial charge in [-0.05, 0) is 36.2 Å². The zero-order valence-corrected chi connectivity index (χ0v) is 11.1. The monoisotopic (exact) mass is 268 g/mol. The molecule has 0 saturated heterocycles. The van der Waals surface area contributed by atoms with Gasteiger partial charge in [0.25, 0.3) is 5.69 Å². The molecule has 1 aromatic carbocycles. The molecule has 0 saturated carbocycles. The Balaban J connectivity index is 2.21. The summed E-state index contributed by atoms with van der Waals surface area (Å²) in [6.45, 7) is 1.92. The highest BCUT2D eigenvalue weighted by molar-refractivity contribution is 5.92. The molecule has 0 radical (unpaired) electrons. The smallest absolute Gasteiger partial charge is 0.258 e. The second kappa shape index (κ2) is 4.41. The molecule has 6 nitrogen and oxygen atoms in total. The first kappa shape index (κ1) is 12.3. The summed E-state index contributed by atoms with van der Waals surface area (Å²) in [5, 5.41) is 15.9. The van der Waals surface area contributed by atoms with Crippen molar-refractivity contribution in [3.63, 3.8) is 0 Å². The summed E-state index contributed by atoms with van der Waals surface area (Å²) >= 11 is 0. The summed E-state index contributed by atoms with van der Waals surface area (Å²) in [6, 6.07) is 8.48. The minimum Gasteiger partial charge on any atom is -0.258 e. The Bertz CT molecular complexity index is 806. The van der Waals surface area contributed by atoms with Gasteiger partial charge < -0.3 is 0 Å². The molecule has 3 aromatic rings. The van der Waals surface area contributed by atoms with Crippen molar-refractivity contribution in [2.45, 2.75) is 6.92 Å². The number of nitrogens with zero attached hydrogens (tertiary/aromatic N) is 4. The van der Waals surface area contributed by atoms with Gasteiger partial charge >= 0.3 is 0 Å². The summed E-state index contributed by atoms with van der Waals surface area (Å²) in [5.74, 6) is 0. The number of pyridine rings is 1. The van der Waals surface area contributed by atoms with E-state index in [2.05, 4.69) is 10.1 Å². The van der Waals surface area contributed by atoms with Crippen molar-refractivity contribution in [1.29, 1.82) is 0 Å². The minimum absolute atomic E-state index is 0.0851. The van der Waals surface area contributed by atoms with Gasteiger partial charge in [-0.3, -0.25) is 14.8 Å². The third-order valence-corrected chi connectivity index (χ3v) is 3.22. The molecule has 0 aliphatic heterocycles. The first-order valence-corrected chi connectivity index (χ1v) is 6.10. The molecule has 0 aliphatic rings. The van der Waals surface area contributed by atoms with E-state index in [4.69, 9.17) is 0 Å². The fourth-order valence-corrected chi connectivity index (χ4v) is 2.24. The predicted molar refractivity (Wildman–Crippen MR) is 75.3 cm³/mol. The van der Waals surface area contributed by atoms with Crippen LogP contribution in [-0.2, 0) is 7.05 Å². The van der Waals surface area contributed by atoms with Gasteiger partial charge in [0.05, 0.1) is 11.1 Å². The molecule has 3 rings (SSSR count). The zero-order valence-electron chi connectivity index (χ0n) is 11.1. The highest BCUT2D eigenvalue weighted by atomic mass is 16.6. The van der Waals surface area contributed by atoms with E-state index in [9.17, 15) is 10.1 Å². The van der Waals surface area contributed by atoms with Crippen molar-refractivity contribution >= 4 is 16.7 Å². The minimum atomic E-state index is -0.402. The molecule has 0 atom stereocenters. The van der Waals surface area contributed by atoms with E-state index < -0.39 is 4.92 Å². The first-order chi connectivity index (χ1) is 9.56. The Morgan fingerprint density at radius 3 is 2.60 bits per heavy atom. The normalized spacial score (nSPS) is 10.9. The lowest BCUT2D eigenvalue weighted by molar-refractivity contribution is -0.384. The average molecular weight is 268 g/mol. The van der Waals surface area contributed by atoms with Crippen LogP contribution in [0.5, 0.6) is 0 Å². The SMILES string of the molecule is Cc1cc(-c2ccc([N+](=O)[O-])cc2)c2cnn(C)c2n1. The summed E-state index contributed by atoms with van der Waals surface area (Å²) in [4.78, 5) is 14.8. The fraction of sp³-hybridized carbons (Fsp3) is 0.143. The molecule has 6 heteroatoms. The van der Waals surface area contributed by atoms with Crippen LogP contribution in [0.3, 0.4) is 0 Å². The van der Waals surface area contributed by atoms with Crippen LogP contribution >= 0.6 is 0 Å². The van der Waals surface area contributed by atoms with Crippen molar-refractivity contribution < 1.29 is 4.92 Å². The number of non-ortho nitro benzene ring substituents is 1. The Morgan fingerprint density at radius 2 is 1.95 bits per heavy atom. The number of hydrogen-bond acceptors (Lipinski definition) is 4. The molecular formula is C14H12N4O2. The largest absolute Gasteiger partial charge is 0.269 e. The Morgan fingerprint density at radius 1 is 1.25 bits per heavy atom. The van der Waals surface area contributed by atoms with Crippen molar-refractivity contribution in [3.8, 4) is 11.1 Å². The molecule has 2 aromatic heterocycles. The highest BCUT2D eigenvalue weighted by Gasteiger charge is 2.11. The third kappa shape index (κ3) is 1.91. The van der Waals surface area contributed by atoms with E-state index in [1.807, 2.05) is 20.0 Å². The van der Waals surface area contributed by atoms with Crippen molar-refractivity contribution in [1.82, 2.24) is 14.8 Å². The van der Waals surface area contributed by atoms with Gasteiger partial charge in [-0.25, -0.2) is 4.98 Å². The molecule has 0 bridgehead atoms. The van der Waals surface area contributed by atoms with Crippen LogP contribution in [0.15, 0.2) is 36.5 Å². The van der Waals surface area contributed by atoms with E-state index in [1.54, 1.807) is 23.0 Å². The predicted octanol–water partition coefficient (Wildman–Crippen LogP) is 2.85. The van der Waals surface area contributed by atoms with Gasteiger partial charge in [-0.15, -0.1) is 0 Å². The summed E-state index contributed by atoms with van der Waals surface area (Å²) in [6.07, 6.45) is 1.76. The average Bonchev–Trinajstić information content (AvgIpc) is 2.80. The maximum atomic E-state index is 10.7. The standard InChI is InChI=1S/C14H12N4O2/c1-9-7-12(13-8-15-17(2)14(13)16-9)10-3-5-11(6-4-10)18(19)20/h3-8H,1-2H3. The summed E-state index contributed by atoms with van der Waals surface area (Å²) in [7, 11) is 1.84.